The summed E-state index contributed by atoms with van der Waals surface area (Å²) in [5, 5.41) is 1.71. The molecule has 2 aromatic heterocycles. The van der Waals surface area contributed by atoms with Crippen molar-refractivity contribution in [2.75, 3.05) is 18.2 Å². The lowest BCUT2D eigenvalue weighted by Crippen LogP contribution is -2.47. The number of imidazole rings is 1. The summed E-state index contributed by atoms with van der Waals surface area (Å²) >= 11 is 0. The topological polar surface area (TPSA) is 71.8 Å². The second kappa shape index (κ2) is 8.36. The second-order valence-electron chi connectivity index (χ2n) is 8.16. The number of hydrazine groups is 1. The number of nitrogens with one attached hydrogen (secondary N) is 1. The largest absolute Gasteiger partial charge is 0.489 e. The fourth-order valence-corrected chi connectivity index (χ4v) is 4.11. The molecule has 0 aliphatic carbocycles. The number of amides is 1. The highest BCUT2D eigenvalue weighted by Crippen LogP contribution is 2.32. The van der Waals surface area contributed by atoms with Crippen molar-refractivity contribution in [1.29, 1.82) is 0 Å². The molecule has 4 aromatic rings. The fraction of sp³-hybridized carbons (Fsp3) is 0.208. The van der Waals surface area contributed by atoms with E-state index in [-0.39, 0.29) is 22.8 Å². The molecule has 2 aromatic carbocycles. The molecule has 0 atom stereocenters. The van der Waals surface area contributed by atoms with Crippen LogP contribution in [-0.4, -0.2) is 33.4 Å². The van der Waals surface area contributed by atoms with Crippen LogP contribution in [0.2, 0.25) is 0 Å². The second-order valence-corrected chi connectivity index (χ2v) is 8.16. The van der Waals surface area contributed by atoms with Crippen molar-refractivity contribution >= 4 is 17.2 Å². The van der Waals surface area contributed by atoms with Crippen molar-refractivity contribution in [3.8, 4) is 17.0 Å². The van der Waals surface area contributed by atoms with Gasteiger partial charge in [0.2, 0.25) is 0 Å². The molecule has 0 fully saturated rings. The number of hydrogen-bond donors (Lipinski definition) is 1. The van der Waals surface area contributed by atoms with Gasteiger partial charge in [-0.1, -0.05) is 26.0 Å². The Hall–Kier alpha value is -4.08. The average Bonchev–Trinajstić information content (AvgIpc) is 3.24. The first kappa shape index (κ1) is 21.7. The number of halogens is 3. The van der Waals surface area contributed by atoms with Gasteiger partial charge < -0.3 is 4.74 Å². The standard InChI is InChI=1S/C24H20F3N5O2/c1-13(2)22-16(24(33)30-32-7-8-34-19-6-4-3-5-18(19)32)11-28-23-21(29-12-31(22)23)15-9-14(25)10-17(26)20(15)27/h3-6,9-13H,7-8H2,1-2H3,(H,30,33). The van der Waals surface area contributed by atoms with Crippen LogP contribution < -0.4 is 15.2 Å². The Bertz CT molecular complexity index is 1420. The first-order valence-corrected chi connectivity index (χ1v) is 10.7. The summed E-state index contributed by atoms with van der Waals surface area (Å²) in [7, 11) is 0. The molecule has 1 N–H and O–H groups in total. The maximum absolute atomic E-state index is 14.4. The number of hydrogen-bond acceptors (Lipinski definition) is 5. The molecule has 1 aliphatic heterocycles. The van der Waals surface area contributed by atoms with Crippen LogP contribution in [0.3, 0.4) is 0 Å². The predicted molar refractivity (Wildman–Crippen MR) is 119 cm³/mol. The van der Waals surface area contributed by atoms with Gasteiger partial charge in [0, 0.05) is 23.5 Å². The zero-order chi connectivity index (χ0) is 24.0. The molecule has 0 spiro atoms. The summed E-state index contributed by atoms with van der Waals surface area (Å²) in [4.78, 5) is 21.8. The molecular formula is C24H20F3N5O2. The lowest BCUT2D eigenvalue weighted by atomic mass is 10.0. The molecular weight excluding hydrogens is 447 g/mol. The number of carbonyl (C=O) groups excluding carboxylic acids is 1. The number of aromatic nitrogens is 3. The van der Waals surface area contributed by atoms with Crippen molar-refractivity contribution < 1.29 is 22.7 Å². The zero-order valence-corrected chi connectivity index (χ0v) is 18.3. The summed E-state index contributed by atoms with van der Waals surface area (Å²) in [5.74, 6) is -3.35. The Balaban J connectivity index is 1.56. The van der Waals surface area contributed by atoms with E-state index in [0.717, 1.165) is 11.8 Å². The summed E-state index contributed by atoms with van der Waals surface area (Å²) in [6.07, 6.45) is 2.74. The minimum Gasteiger partial charge on any atom is -0.489 e. The van der Waals surface area contributed by atoms with Crippen LogP contribution >= 0.6 is 0 Å². The van der Waals surface area contributed by atoms with Crippen molar-refractivity contribution in [1.82, 2.24) is 19.8 Å². The third-order valence-corrected chi connectivity index (χ3v) is 5.60. The third-order valence-electron chi connectivity index (χ3n) is 5.60. The van der Waals surface area contributed by atoms with E-state index in [2.05, 4.69) is 15.4 Å². The number of benzene rings is 2. The highest BCUT2D eigenvalue weighted by Gasteiger charge is 2.25. The molecule has 10 heteroatoms. The van der Waals surface area contributed by atoms with Crippen LogP contribution in [0.4, 0.5) is 18.9 Å². The van der Waals surface area contributed by atoms with Gasteiger partial charge in [-0.2, -0.15) is 0 Å². The molecule has 1 aliphatic rings. The normalized spacial score (nSPS) is 13.2. The van der Waals surface area contributed by atoms with Crippen molar-refractivity contribution in [2.24, 2.45) is 0 Å². The van der Waals surface area contributed by atoms with Gasteiger partial charge in [0.1, 0.15) is 30.2 Å². The number of nitrogens with zero attached hydrogens (tertiary/aromatic N) is 4. The number of rotatable bonds is 4. The molecule has 34 heavy (non-hydrogen) atoms. The van der Waals surface area contributed by atoms with E-state index in [0.29, 0.717) is 36.2 Å². The molecule has 5 rings (SSSR count). The van der Waals surface area contributed by atoms with E-state index in [4.69, 9.17) is 4.74 Å². The summed E-state index contributed by atoms with van der Waals surface area (Å²) in [5.41, 5.74) is 4.31. The van der Waals surface area contributed by atoms with Crippen molar-refractivity contribution in [3.05, 3.63) is 77.6 Å². The molecule has 174 valence electrons. The molecule has 0 unspecified atom stereocenters. The number of carbonyl (C=O) groups is 1. The molecule has 0 saturated carbocycles. The smallest absolute Gasteiger partial charge is 0.273 e. The monoisotopic (exact) mass is 467 g/mol. The molecule has 0 bridgehead atoms. The molecule has 1 amide bonds. The van der Waals surface area contributed by atoms with Gasteiger partial charge in [-0.3, -0.25) is 19.6 Å². The van der Waals surface area contributed by atoms with Crippen LogP contribution in [0.1, 0.15) is 35.8 Å². The highest BCUT2D eigenvalue weighted by molar-refractivity contribution is 5.97. The number of para-hydroxylation sites is 2. The summed E-state index contributed by atoms with van der Waals surface area (Å²) in [6, 6.07) is 8.70. The Kier molecular flexibility index (Phi) is 5.35. The minimum absolute atomic E-state index is 0.0214. The SMILES string of the molecule is CC(C)c1c(C(=O)NN2CCOc3ccccc32)cnc2c(-c3cc(F)cc(F)c3F)ncn12. The van der Waals surface area contributed by atoms with Crippen LogP contribution in [0.5, 0.6) is 5.75 Å². The summed E-state index contributed by atoms with van der Waals surface area (Å²) in [6.45, 7) is 4.64. The molecule has 0 radical (unpaired) electrons. The summed E-state index contributed by atoms with van der Waals surface area (Å²) < 4.78 is 49.2. The van der Waals surface area contributed by atoms with Crippen LogP contribution in [0.15, 0.2) is 48.9 Å². The fourth-order valence-electron chi connectivity index (χ4n) is 4.11. The molecule has 7 nitrogen and oxygen atoms in total. The Morgan fingerprint density at radius 1 is 1.15 bits per heavy atom. The highest BCUT2D eigenvalue weighted by atomic mass is 19.2. The minimum atomic E-state index is -1.32. The van der Waals surface area contributed by atoms with Gasteiger partial charge in [-0.15, -0.1) is 0 Å². The van der Waals surface area contributed by atoms with Crippen LogP contribution in [0, 0.1) is 17.5 Å². The third kappa shape index (κ3) is 3.60. The van der Waals surface area contributed by atoms with Crippen molar-refractivity contribution in [2.45, 2.75) is 19.8 Å². The van der Waals surface area contributed by atoms with Crippen LogP contribution in [-0.2, 0) is 0 Å². The number of ether oxygens (including phenoxy) is 1. The van der Waals surface area contributed by atoms with Gasteiger partial charge in [0.15, 0.2) is 17.3 Å². The van der Waals surface area contributed by atoms with E-state index in [9.17, 15) is 18.0 Å². The average molecular weight is 467 g/mol. The van der Waals surface area contributed by atoms with E-state index in [1.165, 1.54) is 12.5 Å². The lowest BCUT2D eigenvalue weighted by molar-refractivity contribution is 0.0942. The van der Waals surface area contributed by atoms with Gasteiger partial charge in [0.05, 0.1) is 17.8 Å². The van der Waals surface area contributed by atoms with Gasteiger partial charge in [-0.05, 0) is 24.1 Å². The number of fused-ring (bicyclic) bond motifs is 2. The van der Waals surface area contributed by atoms with Gasteiger partial charge >= 0.3 is 0 Å². The number of anilines is 1. The molecule has 0 saturated heterocycles. The van der Waals surface area contributed by atoms with E-state index in [1.807, 2.05) is 38.1 Å². The lowest BCUT2D eigenvalue weighted by Gasteiger charge is -2.31. The predicted octanol–water partition coefficient (Wildman–Crippen LogP) is 4.48. The van der Waals surface area contributed by atoms with Crippen LogP contribution in [0.25, 0.3) is 16.9 Å². The van der Waals surface area contributed by atoms with E-state index >= 15 is 0 Å². The first-order valence-electron chi connectivity index (χ1n) is 10.7. The zero-order valence-electron chi connectivity index (χ0n) is 18.3. The Morgan fingerprint density at radius 3 is 2.74 bits per heavy atom. The molecule has 3 heterocycles. The Labute approximate surface area is 192 Å². The van der Waals surface area contributed by atoms with E-state index < -0.39 is 23.4 Å². The first-order chi connectivity index (χ1) is 16.3. The van der Waals surface area contributed by atoms with Crippen molar-refractivity contribution in [3.63, 3.8) is 0 Å². The van der Waals surface area contributed by atoms with Gasteiger partial charge in [-0.25, -0.2) is 23.1 Å². The maximum atomic E-state index is 14.4. The Morgan fingerprint density at radius 2 is 1.94 bits per heavy atom. The van der Waals surface area contributed by atoms with E-state index in [1.54, 1.807) is 9.41 Å². The van der Waals surface area contributed by atoms with Gasteiger partial charge in [0.25, 0.3) is 5.91 Å². The maximum Gasteiger partial charge on any atom is 0.273 e. The quantitative estimate of drug-likeness (QED) is 0.448.